The van der Waals surface area contributed by atoms with Gasteiger partial charge >= 0.3 is 0 Å². The van der Waals surface area contributed by atoms with E-state index in [0.29, 0.717) is 29.8 Å². The number of aromatic nitrogens is 2. The van der Waals surface area contributed by atoms with Crippen LogP contribution in [0, 0.1) is 5.92 Å². The van der Waals surface area contributed by atoms with Crippen molar-refractivity contribution in [2.75, 3.05) is 0 Å². The third-order valence-electron chi connectivity index (χ3n) is 2.68. The van der Waals surface area contributed by atoms with Crippen LogP contribution in [0.1, 0.15) is 32.0 Å². The molecule has 0 aliphatic rings. The number of ketones is 1. The number of Topliss-reactive ketones (excluding diaryl/α,β-unsaturated/α-hetero) is 1. The van der Waals surface area contributed by atoms with Gasteiger partial charge in [0, 0.05) is 15.8 Å². The van der Waals surface area contributed by atoms with E-state index >= 15 is 0 Å². The van der Waals surface area contributed by atoms with Crippen molar-refractivity contribution in [1.29, 1.82) is 0 Å². The molecule has 0 amide bonds. The van der Waals surface area contributed by atoms with Gasteiger partial charge in [0.05, 0.1) is 12.2 Å². The third-order valence-corrected chi connectivity index (χ3v) is 4.21. The number of rotatable bonds is 7. The molecule has 0 radical (unpaired) electrons. The summed E-state index contributed by atoms with van der Waals surface area (Å²) in [6.07, 6.45) is 0.777. The summed E-state index contributed by atoms with van der Waals surface area (Å²) in [7, 11) is 0. The van der Waals surface area contributed by atoms with E-state index in [1.54, 1.807) is 11.8 Å². The van der Waals surface area contributed by atoms with Crippen molar-refractivity contribution in [3.8, 4) is 0 Å². The van der Waals surface area contributed by atoms with Gasteiger partial charge in [0.1, 0.15) is 5.78 Å². The average Bonchev–Trinajstić information content (AvgIpc) is 2.84. The monoisotopic (exact) mass is 368 g/mol. The number of carbonyl (C=O) groups excluding carboxylic acids is 1. The molecule has 6 heteroatoms. The maximum atomic E-state index is 11.7. The summed E-state index contributed by atoms with van der Waals surface area (Å²) < 4.78 is 6.17. The predicted octanol–water partition coefficient (Wildman–Crippen LogP) is 4.28. The summed E-state index contributed by atoms with van der Waals surface area (Å²) in [5, 5.41) is 3.91. The Kier molecular flexibility index (Phi) is 5.99. The summed E-state index contributed by atoms with van der Waals surface area (Å²) in [4.78, 5) is 17.1. The molecule has 4 nitrogen and oxygen atoms in total. The van der Waals surface area contributed by atoms with Crippen LogP contribution in [0.2, 0.25) is 0 Å². The van der Waals surface area contributed by atoms with Gasteiger partial charge in [-0.2, -0.15) is 4.98 Å². The Morgan fingerprint density at radius 3 is 2.71 bits per heavy atom. The molecule has 0 saturated heterocycles. The Labute approximate surface area is 136 Å². The van der Waals surface area contributed by atoms with Gasteiger partial charge in [-0.25, -0.2) is 0 Å². The quantitative estimate of drug-likeness (QED) is 0.682. The van der Waals surface area contributed by atoms with Crippen molar-refractivity contribution in [2.24, 2.45) is 5.92 Å². The Hall–Kier alpha value is -1.14. The van der Waals surface area contributed by atoms with E-state index in [9.17, 15) is 4.79 Å². The zero-order chi connectivity index (χ0) is 15.2. The molecule has 0 fully saturated rings. The lowest BCUT2D eigenvalue weighted by atomic mass is 10.1. The van der Waals surface area contributed by atoms with Crippen LogP contribution in [0.3, 0.4) is 0 Å². The van der Waals surface area contributed by atoms with Crippen LogP contribution in [-0.2, 0) is 17.0 Å². The lowest BCUT2D eigenvalue weighted by Gasteiger charge is -2.00. The van der Waals surface area contributed by atoms with Crippen LogP contribution >= 0.6 is 27.7 Å². The standard InChI is InChI=1S/C15H17BrN2O2S/c1-10(2)7-12(19)8-15-17-14(18-20-15)9-21-13-5-3-11(16)4-6-13/h3-6,10H,7-9H2,1-2H3. The molecule has 1 aromatic heterocycles. The molecule has 0 aliphatic heterocycles. The first-order valence-electron chi connectivity index (χ1n) is 6.74. The summed E-state index contributed by atoms with van der Waals surface area (Å²) in [5.74, 6) is 2.15. The molecule has 0 bridgehead atoms. The van der Waals surface area contributed by atoms with E-state index in [2.05, 4.69) is 26.1 Å². The van der Waals surface area contributed by atoms with Crippen molar-refractivity contribution in [2.45, 2.75) is 37.3 Å². The number of nitrogens with zero attached hydrogens (tertiary/aromatic N) is 2. The Balaban J connectivity index is 1.85. The molecule has 112 valence electrons. The van der Waals surface area contributed by atoms with Crippen molar-refractivity contribution < 1.29 is 9.32 Å². The first-order valence-corrected chi connectivity index (χ1v) is 8.52. The largest absolute Gasteiger partial charge is 0.339 e. The second-order valence-electron chi connectivity index (χ2n) is 5.16. The van der Waals surface area contributed by atoms with E-state index in [-0.39, 0.29) is 12.2 Å². The van der Waals surface area contributed by atoms with Crippen molar-refractivity contribution in [3.63, 3.8) is 0 Å². The molecule has 2 rings (SSSR count). The lowest BCUT2D eigenvalue weighted by molar-refractivity contribution is -0.119. The fraction of sp³-hybridized carbons (Fsp3) is 0.400. The fourth-order valence-electron chi connectivity index (χ4n) is 1.80. The minimum Gasteiger partial charge on any atom is -0.339 e. The van der Waals surface area contributed by atoms with Crippen LogP contribution in [0.25, 0.3) is 0 Å². The molecule has 0 N–H and O–H groups in total. The Bertz CT molecular complexity index is 596. The topological polar surface area (TPSA) is 56.0 Å². The van der Waals surface area contributed by atoms with Crippen LogP contribution in [0.4, 0.5) is 0 Å². The average molecular weight is 369 g/mol. The zero-order valence-electron chi connectivity index (χ0n) is 12.0. The van der Waals surface area contributed by atoms with Gasteiger partial charge < -0.3 is 4.52 Å². The second kappa shape index (κ2) is 7.75. The van der Waals surface area contributed by atoms with E-state index in [4.69, 9.17) is 4.52 Å². The highest BCUT2D eigenvalue weighted by molar-refractivity contribution is 9.10. The van der Waals surface area contributed by atoms with E-state index in [1.807, 2.05) is 38.1 Å². The van der Waals surface area contributed by atoms with Crippen LogP contribution in [0.15, 0.2) is 38.2 Å². The SMILES string of the molecule is CC(C)CC(=O)Cc1nc(CSc2ccc(Br)cc2)no1. The van der Waals surface area contributed by atoms with E-state index < -0.39 is 0 Å². The van der Waals surface area contributed by atoms with Gasteiger partial charge in [0.25, 0.3) is 0 Å². The van der Waals surface area contributed by atoms with Crippen LogP contribution < -0.4 is 0 Å². The molecule has 2 aromatic rings. The molecular weight excluding hydrogens is 352 g/mol. The molecule has 0 aliphatic carbocycles. The third kappa shape index (κ3) is 5.63. The normalized spacial score (nSPS) is 11.0. The fourth-order valence-corrected chi connectivity index (χ4v) is 2.80. The number of halogens is 1. The van der Waals surface area contributed by atoms with Gasteiger partial charge in [-0.3, -0.25) is 4.79 Å². The summed E-state index contributed by atoms with van der Waals surface area (Å²) in [6, 6.07) is 8.05. The first-order chi connectivity index (χ1) is 10.0. The molecular formula is C15H17BrN2O2S. The van der Waals surface area contributed by atoms with Gasteiger partial charge in [-0.1, -0.05) is 34.9 Å². The van der Waals surface area contributed by atoms with Crippen molar-refractivity contribution in [1.82, 2.24) is 10.1 Å². The molecule has 1 heterocycles. The maximum Gasteiger partial charge on any atom is 0.234 e. The van der Waals surface area contributed by atoms with Gasteiger partial charge in [0.15, 0.2) is 5.82 Å². The number of hydrogen-bond acceptors (Lipinski definition) is 5. The second-order valence-corrected chi connectivity index (χ2v) is 7.12. The van der Waals surface area contributed by atoms with E-state index in [0.717, 1.165) is 9.37 Å². The number of hydrogen-bond donors (Lipinski definition) is 0. The highest BCUT2D eigenvalue weighted by Crippen LogP contribution is 2.23. The smallest absolute Gasteiger partial charge is 0.234 e. The van der Waals surface area contributed by atoms with Crippen LogP contribution in [0.5, 0.6) is 0 Å². The molecule has 0 unspecified atom stereocenters. The Morgan fingerprint density at radius 1 is 1.33 bits per heavy atom. The summed E-state index contributed by atoms with van der Waals surface area (Å²) >= 11 is 5.04. The van der Waals surface area contributed by atoms with Crippen molar-refractivity contribution in [3.05, 3.63) is 40.5 Å². The molecule has 21 heavy (non-hydrogen) atoms. The van der Waals surface area contributed by atoms with Crippen LogP contribution in [-0.4, -0.2) is 15.9 Å². The number of carbonyl (C=O) groups is 1. The lowest BCUT2D eigenvalue weighted by Crippen LogP contribution is -2.06. The summed E-state index contributed by atoms with van der Waals surface area (Å²) in [6.45, 7) is 4.04. The first kappa shape index (κ1) is 16.2. The minimum absolute atomic E-state index is 0.140. The predicted molar refractivity (Wildman–Crippen MR) is 86.2 cm³/mol. The van der Waals surface area contributed by atoms with Crippen molar-refractivity contribution >= 4 is 33.5 Å². The highest BCUT2D eigenvalue weighted by Gasteiger charge is 2.12. The van der Waals surface area contributed by atoms with Gasteiger partial charge in [-0.15, -0.1) is 11.8 Å². The van der Waals surface area contributed by atoms with Gasteiger partial charge in [0.2, 0.25) is 5.89 Å². The maximum absolute atomic E-state index is 11.7. The minimum atomic E-state index is 0.140. The number of benzene rings is 1. The zero-order valence-corrected chi connectivity index (χ0v) is 14.4. The summed E-state index contributed by atoms with van der Waals surface area (Å²) in [5.41, 5.74) is 0. The molecule has 0 spiro atoms. The highest BCUT2D eigenvalue weighted by atomic mass is 79.9. The Morgan fingerprint density at radius 2 is 2.05 bits per heavy atom. The van der Waals surface area contributed by atoms with Gasteiger partial charge in [-0.05, 0) is 30.2 Å². The number of thioether (sulfide) groups is 1. The molecule has 1 aromatic carbocycles. The van der Waals surface area contributed by atoms with E-state index in [1.165, 1.54) is 0 Å². The molecule has 0 saturated carbocycles. The molecule has 0 atom stereocenters.